The lowest BCUT2D eigenvalue weighted by Gasteiger charge is -2.31. The Labute approximate surface area is 117 Å². The van der Waals surface area contributed by atoms with Crippen molar-refractivity contribution in [1.82, 2.24) is 5.32 Å². The SMILES string of the molecule is CCCNC(COC1CCCCC1CC)C(=O)OC. The Hall–Kier alpha value is -0.610. The van der Waals surface area contributed by atoms with Crippen molar-refractivity contribution in [1.29, 1.82) is 0 Å². The van der Waals surface area contributed by atoms with Crippen molar-refractivity contribution in [3.05, 3.63) is 0 Å². The van der Waals surface area contributed by atoms with Crippen LogP contribution in [0.3, 0.4) is 0 Å². The van der Waals surface area contributed by atoms with Crippen molar-refractivity contribution in [2.24, 2.45) is 5.92 Å². The smallest absolute Gasteiger partial charge is 0.325 e. The number of methoxy groups -OCH3 is 1. The molecule has 0 aliphatic heterocycles. The van der Waals surface area contributed by atoms with Crippen molar-refractivity contribution in [3.8, 4) is 0 Å². The maximum atomic E-state index is 11.7. The Morgan fingerprint density at radius 3 is 2.68 bits per heavy atom. The van der Waals surface area contributed by atoms with E-state index in [0.717, 1.165) is 25.8 Å². The molecule has 1 aliphatic carbocycles. The highest BCUT2D eigenvalue weighted by Gasteiger charge is 2.27. The molecular formula is C15H29NO3. The second-order valence-electron chi connectivity index (χ2n) is 5.35. The lowest BCUT2D eigenvalue weighted by Crippen LogP contribution is -2.43. The number of esters is 1. The van der Waals surface area contributed by atoms with Gasteiger partial charge in [-0.25, -0.2) is 0 Å². The molecule has 112 valence electrons. The van der Waals surface area contributed by atoms with Crippen LogP contribution in [0.2, 0.25) is 0 Å². The van der Waals surface area contributed by atoms with E-state index in [-0.39, 0.29) is 12.0 Å². The van der Waals surface area contributed by atoms with Gasteiger partial charge in [0, 0.05) is 0 Å². The highest BCUT2D eigenvalue weighted by Crippen LogP contribution is 2.29. The molecule has 0 bridgehead atoms. The highest BCUT2D eigenvalue weighted by atomic mass is 16.5. The molecule has 0 aromatic rings. The van der Waals surface area contributed by atoms with Gasteiger partial charge in [0.05, 0.1) is 19.8 Å². The third-order valence-corrected chi connectivity index (χ3v) is 3.97. The molecule has 1 saturated carbocycles. The monoisotopic (exact) mass is 271 g/mol. The maximum Gasteiger partial charge on any atom is 0.325 e. The zero-order valence-electron chi connectivity index (χ0n) is 12.6. The summed E-state index contributed by atoms with van der Waals surface area (Å²) in [5, 5.41) is 3.19. The fraction of sp³-hybridized carbons (Fsp3) is 0.933. The van der Waals surface area contributed by atoms with E-state index in [0.29, 0.717) is 18.6 Å². The van der Waals surface area contributed by atoms with Crippen LogP contribution in [0, 0.1) is 5.92 Å². The topological polar surface area (TPSA) is 47.6 Å². The molecule has 0 saturated heterocycles. The summed E-state index contributed by atoms with van der Waals surface area (Å²) in [5.41, 5.74) is 0. The summed E-state index contributed by atoms with van der Waals surface area (Å²) in [7, 11) is 1.43. The standard InChI is InChI=1S/C15H29NO3/c1-4-10-16-13(15(17)18-3)11-19-14-9-7-6-8-12(14)5-2/h12-14,16H,4-11H2,1-3H3. The molecule has 1 fully saturated rings. The van der Waals surface area contributed by atoms with E-state index in [9.17, 15) is 4.79 Å². The molecule has 1 rings (SSSR count). The molecule has 1 aliphatic rings. The highest BCUT2D eigenvalue weighted by molar-refractivity contribution is 5.75. The fourth-order valence-corrected chi connectivity index (χ4v) is 2.75. The summed E-state index contributed by atoms with van der Waals surface area (Å²) in [6, 6.07) is -0.329. The first kappa shape index (κ1) is 16.4. The minimum atomic E-state index is -0.329. The number of ether oxygens (including phenoxy) is 2. The Bertz CT molecular complexity index is 258. The summed E-state index contributed by atoms with van der Waals surface area (Å²) in [6.45, 7) is 5.54. The van der Waals surface area contributed by atoms with Crippen molar-refractivity contribution in [2.45, 2.75) is 64.5 Å². The molecule has 1 N–H and O–H groups in total. The summed E-state index contributed by atoms with van der Waals surface area (Å²) < 4.78 is 10.8. The molecule has 19 heavy (non-hydrogen) atoms. The molecule has 0 aromatic heterocycles. The fourth-order valence-electron chi connectivity index (χ4n) is 2.75. The average molecular weight is 271 g/mol. The van der Waals surface area contributed by atoms with Crippen LogP contribution in [-0.2, 0) is 14.3 Å². The van der Waals surface area contributed by atoms with Crippen LogP contribution in [0.5, 0.6) is 0 Å². The van der Waals surface area contributed by atoms with Gasteiger partial charge in [0.1, 0.15) is 6.04 Å². The van der Waals surface area contributed by atoms with Crippen molar-refractivity contribution in [3.63, 3.8) is 0 Å². The first-order valence-electron chi connectivity index (χ1n) is 7.65. The molecule has 3 unspecified atom stereocenters. The second kappa shape index (κ2) is 9.32. The van der Waals surface area contributed by atoms with Crippen molar-refractivity contribution in [2.75, 3.05) is 20.3 Å². The zero-order chi connectivity index (χ0) is 14.1. The third kappa shape index (κ3) is 5.49. The third-order valence-electron chi connectivity index (χ3n) is 3.97. The molecule has 0 radical (unpaired) electrons. The summed E-state index contributed by atoms with van der Waals surface area (Å²) in [5.74, 6) is 0.426. The summed E-state index contributed by atoms with van der Waals surface area (Å²) >= 11 is 0. The van der Waals surface area contributed by atoms with Crippen LogP contribution in [-0.4, -0.2) is 38.4 Å². The van der Waals surface area contributed by atoms with E-state index in [4.69, 9.17) is 9.47 Å². The van der Waals surface area contributed by atoms with Gasteiger partial charge in [-0.05, 0) is 31.7 Å². The molecule has 0 heterocycles. The van der Waals surface area contributed by atoms with Crippen LogP contribution in [0.15, 0.2) is 0 Å². The predicted octanol–water partition coefficient (Wildman–Crippen LogP) is 2.51. The van der Waals surface area contributed by atoms with E-state index >= 15 is 0 Å². The summed E-state index contributed by atoms with van der Waals surface area (Å²) in [6.07, 6.45) is 7.41. The number of carbonyl (C=O) groups excluding carboxylic acids is 1. The van der Waals surface area contributed by atoms with Gasteiger partial charge in [-0.3, -0.25) is 4.79 Å². The number of carbonyl (C=O) groups is 1. The quantitative estimate of drug-likeness (QED) is 0.689. The van der Waals surface area contributed by atoms with Gasteiger partial charge in [0.25, 0.3) is 0 Å². The van der Waals surface area contributed by atoms with Crippen LogP contribution in [0.25, 0.3) is 0 Å². The minimum Gasteiger partial charge on any atom is -0.468 e. The first-order valence-corrected chi connectivity index (χ1v) is 7.65. The molecular weight excluding hydrogens is 242 g/mol. The molecule has 0 aromatic carbocycles. The summed E-state index contributed by atoms with van der Waals surface area (Å²) in [4.78, 5) is 11.7. The molecule has 3 atom stereocenters. The van der Waals surface area contributed by atoms with Gasteiger partial charge in [0.15, 0.2) is 0 Å². The molecule has 4 nitrogen and oxygen atoms in total. The Morgan fingerprint density at radius 1 is 1.32 bits per heavy atom. The Morgan fingerprint density at radius 2 is 2.05 bits per heavy atom. The lowest BCUT2D eigenvalue weighted by molar-refractivity contribution is -0.146. The number of nitrogens with one attached hydrogen (secondary N) is 1. The Balaban J connectivity index is 2.42. The van der Waals surface area contributed by atoms with Crippen LogP contribution in [0.4, 0.5) is 0 Å². The van der Waals surface area contributed by atoms with E-state index in [2.05, 4.69) is 19.2 Å². The van der Waals surface area contributed by atoms with E-state index in [1.54, 1.807) is 0 Å². The van der Waals surface area contributed by atoms with Gasteiger partial charge in [-0.1, -0.05) is 33.1 Å². The number of hydrogen-bond acceptors (Lipinski definition) is 4. The van der Waals surface area contributed by atoms with E-state index in [1.165, 1.54) is 26.4 Å². The molecule has 0 amide bonds. The largest absolute Gasteiger partial charge is 0.468 e. The van der Waals surface area contributed by atoms with E-state index in [1.807, 2.05) is 0 Å². The Kier molecular flexibility index (Phi) is 8.07. The maximum absolute atomic E-state index is 11.7. The first-order chi connectivity index (χ1) is 9.22. The molecule has 0 spiro atoms. The zero-order valence-corrected chi connectivity index (χ0v) is 12.6. The van der Waals surface area contributed by atoms with Gasteiger partial charge >= 0.3 is 5.97 Å². The average Bonchev–Trinajstić information content (AvgIpc) is 2.47. The molecule has 4 heteroatoms. The second-order valence-corrected chi connectivity index (χ2v) is 5.35. The minimum absolute atomic E-state index is 0.225. The van der Waals surface area contributed by atoms with Gasteiger partial charge in [-0.2, -0.15) is 0 Å². The van der Waals surface area contributed by atoms with Gasteiger partial charge in [0.2, 0.25) is 0 Å². The van der Waals surface area contributed by atoms with E-state index < -0.39 is 0 Å². The van der Waals surface area contributed by atoms with Crippen molar-refractivity contribution >= 4 is 5.97 Å². The van der Waals surface area contributed by atoms with Crippen LogP contribution >= 0.6 is 0 Å². The lowest BCUT2D eigenvalue weighted by atomic mass is 9.85. The predicted molar refractivity (Wildman–Crippen MR) is 76.1 cm³/mol. The van der Waals surface area contributed by atoms with Crippen LogP contribution < -0.4 is 5.32 Å². The van der Waals surface area contributed by atoms with Gasteiger partial charge in [-0.15, -0.1) is 0 Å². The van der Waals surface area contributed by atoms with Crippen molar-refractivity contribution < 1.29 is 14.3 Å². The number of rotatable bonds is 8. The normalized spacial score (nSPS) is 25.0. The van der Waals surface area contributed by atoms with Gasteiger partial charge < -0.3 is 14.8 Å². The van der Waals surface area contributed by atoms with Crippen LogP contribution in [0.1, 0.15) is 52.4 Å². The number of hydrogen-bond donors (Lipinski definition) is 1.